The molecule has 0 aliphatic heterocycles. The highest BCUT2D eigenvalue weighted by Gasteiger charge is 2.20. The number of allylic oxidation sites excluding steroid dienone is 1. The van der Waals surface area contributed by atoms with Gasteiger partial charge >= 0.3 is 11.9 Å². The molecule has 0 spiro atoms. The molecule has 1 aromatic rings. The molecule has 0 saturated carbocycles. The molecule has 126 valence electrons. The largest absolute Gasteiger partial charge is 0.478 e. The zero-order valence-electron chi connectivity index (χ0n) is 13.8. The van der Waals surface area contributed by atoms with Gasteiger partial charge in [0.05, 0.1) is 11.1 Å². The summed E-state index contributed by atoms with van der Waals surface area (Å²) in [5.74, 6) is -1.68. The van der Waals surface area contributed by atoms with Crippen molar-refractivity contribution in [2.75, 3.05) is 0 Å². The van der Waals surface area contributed by atoms with Crippen molar-refractivity contribution in [3.8, 4) is 0 Å². The molecule has 0 aliphatic carbocycles. The number of rotatable bonds is 11. The minimum absolute atomic E-state index is 0.0223. The van der Waals surface area contributed by atoms with Crippen LogP contribution in [0.15, 0.2) is 36.9 Å². The molecule has 0 aromatic heterocycles. The van der Waals surface area contributed by atoms with Crippen LogP contribution in [0.1, 0.15) is 72.6 Å². The third kappa shape index (κ3) is 6.68. The fourth-order valence-electron chi connectivity index (χ4n) is 2.43. The molecule has 0 radical (unpaired) electrons. The fraction of sp³-hybridized carbons (Fsp3) is 0.474. The lowest BCUT2D eigenvalue weighted by atomic mass is 10.0. The van der Waals surface area contributed by atoms with Crippen LogP contribution in [0.2, 0.25) is 0 Å². The molecule has 4 nitrogen and oxygen atoms in total. The second-order valence-electron chi connectivity index (χ2n) is 5.59. The Kier molecular flexibility index (Phi) is 8.73. The molecule has 0 amide bonds. The van der Waals surface area contributed by atoms with E-state index in [4.69, 9.17) is 9.84 Å². The number of benzene rings is 1. The number of carbonyl (C=O) groups excluding carboxylic acids is 1. The van der Waals surface area contributed by atoms with Crippen LogP contribution in [0.3, 0.4) is 0 Å². The molecule has 1 atom stereocenters. The first-order valence-corrected chi connectivity index (χ1v) is 8.24. The van der Waals surface area contributed by atoms with E-state index in [9.17, 15) is 9.59 Å². The normalized spacial score (nSPS) is 11.7. The van der Waals surface area contributed by atoms with Crippen molar-refractivity contribution in [2.45, 2.75) is 58.0 Å². The number of esters is 1. The molecule has 0 fully saturated rings. The van der Waals surface area contributed by atoms with Crippen LogP contribution in [-0.2, 0) is 4.74 Å². The van der Waals surface area contributed by atoms with Crippen molar-refractivity contribution in [1.82, 2.24) is 0 Å². The van der Waals surface area contributed by atoms with Gasteiger partial charge in [-0.2, -0.15) is 0 Å². The Morgan fingerprint density at radius 3 is 2.48 bits per heavy atom. The van der Waals surface area contributed by atoms with Crippen molar-refractivity contribution >= 4 is 11.9 Å². The van der Waals surface area contributed by atoms with Gasteiger partial charge in [0.15, 0.2) is 0 Å². The Labute approximate surface area is 138 Å². The van der Waals surface area contributed by atoms with E-state index in [0.717, 1.165) is 38.5 Å². The molecule has 0 heterocycles. The van der Waals surface area contributed by atoms with Gasteiger partial charge in [0.1, 0.15) is 6.10 Å². The van der Waals surface area contributed by atoms with Gasteiger partial charge in [0.2, 0.25) is 0 Å². The van der Waals surface area contributed by atoms with E-state index in [1.807, 2.05) is 0 Å². The monoisotopic (exact) mass is 318 g/mol. The SMILES string of the molecule is C=CCC[C@@H](CCCCCC)OC(=O)c1ccccc1C(=O)O. The van der Waals surface area contributed by atoms with Gasteiger partial charge in [-0.05, 0) is 37.8 Å². The molecule has 4 heteroatoms. The first-order chi connectivity index (χ1) is 11.1. The summed E-state index contributed by atoms with van der Waals surface area (Å²) < 4.78 is 5.56. The zero-order chi connectivity index (χ0) is 17.1. The molecule has 23 heavy (non-hydrogen) atoms. The Hall–Kier alpha value is -2.10. The number of unbranched alkanes of at least 4 members (excludes halogenated alkanes) is 3. The standard InChI is InChI=1S/C19H26O4/c1-3-5-7-8-12-15(11-6-4-2)23-19(22)17-14-10-9-13-16(17)18(20)21/h4,9-10,13-15H,2-3,5-8,11-12H2,1H3,(H,20,21)/t15-/m0/s1. The fourth-order valence-corrected chi connectivity index (χ4v) is 2.43. The van der Waals surface area contributed by atoms with Crippen LogP contribution in [-0.4, -0.2) is 23.1 Å². The summed E-state index contributed by atoms with van der Waals surface area (Å²) >= 11 is 0. The van der Waals surface area contributed by atoms with E-state index in [-0.39, 0.29) is 17.2 Å². The number of aromatic carboxylic acids is 1. The van der Waals surface area contributed by atoms with E-state index in [1.165, 1.54) is 18.6 Å². The van der Waals surface area contributed by atoms with Gasteiger partial charge in [0.25, 0.3) is 0 Å². The molecular formula is C19H26O4. The van der Waals surface area contributed by atoms with Crippen LogP contribution in [0.25, 0.3) is 0 Å². The molecular weight excluding hydrogens is 292 g/mol. The summed E-state index contributed by atoms with van der Waals surface area (Å²) in [6, 6.07) is 6.15. The van der Waals surface area contributed by atoms with Crippen LogP contribution in [0, 0.1) is 0 Å². The Bertz CT molecular complexity index is 522. The maximum atomic E-state index is 12.3. The van der Waals surface area contributed by atoms with Crippen molar-refractivity contribution in [1.29, 1.82) is 0 Å². The molecule has 0 bridgehead atoms. The van der Waals surface area contributed by atoms with Gasteiger partial charge in [-0.25, -0.2) is 9.59 Å². The number of hydrogen-bond acceptors (Lipinski definition) is 3. The zero-order valence-corrected chi connectivity index (χ0v) is 13.8. The number of ether oxygens (including phenoxy) is 1. The maximum absolute atomic E-state index is 12.3. The lowest BCUT2D eigenvalue weighted by Gasteiger charge is -2.18. The van der Waals surface area contributed by atoms with Crippen molar-refractivity contribution < 1.29 is 19.4 Å². The second-order valence-corrected chi connectivity index (χ2v) is 5.59. The highest BCUT2D eigenvalue weighted by Crippen LogP contribution is 2.17. The van der Waals surface area contributed by atoms with Crippen LogP contribution >= 0.6 is 0 Å². The van der Waals surface area contributed by atoms with Crippen LogP contribution < -0.4 is 0 Å². The van der Waals surface area contributed by atoms with Gasteiger partial charge < -0.3 is 9.84 Å². The minimum atomic E-state index is -1.12. The summed E-state index contributed by atoms with van der Waals surface area (Å²) in [4.78, 5) is 23.5. The molecule has 0 aliphatic rings. The van der Waals surface area contributed by atoms with Gasteiger partial charge in [-0.1, -0.05) is 44.4 Å². The summed E-state index contributed by atoms with van der Waals surface area (Å²) in [7, 11) is 0. The van der Waals surface area contributed by atoms with Gasteiger partial charge in [-0.3, -0.25) is 0 Å². The van der Waals surface area contributed by atoms with Crippen molar-refractivity contribution in [3.63, 3.8) is 0 Å². The Morgan fingerprint density at radius 2 is 1.87 bits per heavy atom. The van der Waals surface area contributed by atoms with E-state index in [0.29, 0.717) is 0 Å². The number of carboxylic acids is 1. The molecule has 0 unspecified atom stereocenters. The minimum Gasteiger partial charge on any atom is -0.478 e. The smallest absolute Gasteiger partial charge is 0.339 e. The average molecular weight is 318 g/mol. The Balaban J connectivity index is 2.71. The van der Waals surface area contributed by atoms with Gasteiger partial charge in [0, 0.05) is 0 Å². The Morgan fingerprint density at radius 1 is 1.17 bits per heavy atom. The molecule has 1 N–H and O–H groups in total. The van der Waals surface area contributed by atoms with Crippen molar-refractivity contribution in [2.24, 2.45) is 0 Å². The van der Waals surface area contributed by atoms with E-state index < -0.39 is 11.9 Å². The van der Waals surface area contributed by atoms with Crippen LogP contribution in [0.4, 0.5) is 0 Å². The molecule has 1 rings (SSSR count). The first-order valence-electron chi connectivity index (χ1n) is 8.24. The summed E-state index contributed by atoms with van der Waals surface area (Å²) in [5.41, 5.74) is 0.0862. The quantitative estimate of drug-likeness (QED) is 0.360. The third-order valence-electron chi connectivity index (χ3n) is 3.72. The highest BCUT2D eigenvalue weighted by molar-refractivity contribution is 6.02. The van der Waals surface area contributed by atoms with Crippen LogP contribution in [0.5, 0.6) is 0 Å². The van der Waals surface area contributed by atoms with Gasteiger partial charge in [-0.15, -0.1) is 6.58 Å². The lowest BCUT2D eigenvalue weighted by molar-refractivity contribution is 0.0253. The average Bonchev–Trinajstić information content (AvgIpc) is 2.56. The molecule has 0 saturated heterocycles. The molecule has 1 aromatic carbocycles. The van der Waals surface area contributed by atoms with E-state index in [2.05, 4.69) is 13.5 Å². The number of hydrogen-bond donors (Lipinski definition) is 1. The first kappa shape index (κ1) is 18.9. The van der Waals surface area contributed by atoms with E-state index in [1.54, 1.807) is 18.2 Å². The van der Waals surface area contributed by atoms with E-state index >= 15 is 0 Å². The third-order valence-corrected chi connectivity index (χ3v) is 3.72. The summed E-state index contributed by atoms with van der Waals surface area (Å²) in [6.07, 6.45) is 8.34. The topological polar surface area (TPSA) is 63.6 Å². The van der Waals surface area contributed by atoms with Crippen molar-refractivity contribution in [3.05, 3.63) is 48.0 Å². The predicted octanol–water partition coefficient (Wildman–Crippen LogP) is 4.85. The number of carboxylic acid groups (broad SMARTS) is 1. The lowest BCUT2D eigenvalue weighted by Crippen LogP contribution is -2.20. The maximum Gasteiger partial charge on any atom is 0.339 e. The number of carbonyl (C=O) groups is 2. The summed E-state index contributed by atoms with van der Waals surface area (Å²) in [6.45, 7) is 5.85. The highest BCUT2D eigenvalue weighted by atomic mass is 16.5. The summed E-state index contributed by atoms with van der Waals surface area (Å²) in [5, 5.41) is 9.17. The predicted molar refractivity (Wildman–Crippen MR) is 90.8 cm³/mol. The second kappa shape index (κ2) is 10.6.